The van der Waals surface area contributed by atoms with Gasteiger partial charge in [-0.3, -0.25) is 0 Å². The third kappa shape index (κ3) is 1.68. The Morgan fingerprint density at radius 2 is 1.89 bits per heavy atom. The topological polar surface area (TPSA) is 44.8 Å². The lowest BCUT2D eigenvalue weighted by Crippen LogP contribution is -2.38. The van der Waals surface area contributed by atoms with Crippen LogP contribution in [0.1, 0.15) is 6.42 Å². The first-order valence-corrected chi connectivity index (χ1v) is 6.55. The second kappa shape index (κ2) is 4.09. The highest BCUT2D eigenvalue weighted by molar-refractivity contribution is 5.94. The summed E-state index contributed by atoms with van der Waals surface area (Å²) in [6.45, 7) is 2.15. The molecule has 3 aromatic rings. The Balaban J connectivity index is 1.77. The third-order valence-corrected chi connectivity index (χ3v) is 3.68. The van der Waals surface area contributed by atoms with Gasteiger partial charge in [-0.1, -0.05) is 12.1 Å². The highest BCUT2D eigenvalue weighted by Crippen LogP contribution is 2.28. The third-order valence-electron chi connectivity index (χ3n) is 3.68. The number of aromatic amines is 1. The lowest BCUT2D eigenvalue weighted by Gasteiger charge is -2.30. The summed E-state index contributed by atoms with van der Waals surface area (Å²) in [6.07, 6.45) is 7.04. The summed E-state index contributed by atoms with van der Waals surface area (Å²) >= 11 is 0. The van der Waals surface area contributed by atoms with Gasteiger partial charge in [-0.25, -0.2) is 9.97 Å². The second-order valence-electron chi connectivity index (χ2n) is 4.86. The van der Waals surface area contributed by atoms with Crippen molar-refractivity contribution in [3.05, 3.63) is 42.9 Å². The number of anilines is 1. The molecule has 19 heavy (non-hydrogen) atoms. The molecule has 1 fully saturated rings. The fraction of sp³-hybridized carbons (Fsp3) is 0.200. The van der Waals surface area contributed by atoms with E-state index >= 15 is 0 Å². The summed E-state index contributed by atoms with van der Waals surface area (Å²) in [5.41, 5.74) is 3.38. The van der Waals surface area contributed by atoms with E-state index in [1.807, 2.05) is 18.6 Å². The molecule has 0 aliphatic carbocycles. The van der Waals surface area contributed by atoms with E-state index in [1.165, 1.54) is 17.4 Å². The van der Waals surface area contributed by atoms with E-state index in [9.17, 15) is 0 Å². The number of aromatic nitrogens is 3. The molecule has 0 bridgehead atoms. The predicted molar refractivity (Wildman–Crippen MR) is 76.2 cm³/mol. The van der Waals surface area contributed by atoms with Gasteiger partial charge in [0.1, 0.15) is 0 Å². The van der Waals surface area contributed by atoms with Crippen molar-refractivity contribution in [3.8, 4) is 11.1 Å². The Morgan fingerprint density at radius 3 is 2.63 bits per heavy atom. The Bertz CT molecular complexity index is 710. The van der Waals surface area contributed by atoms with Crippen LogP contribution in [0.25, 0.3) is 22.0 Å². The standard InChI is InChI=1S/C15H14N4/c1-3-12(13-5-6-16-14(13)4-1)11-9-17-15(18-10-11)19-7-2-8-19/h1,3-6,9-10,16H,2,7-8H2. The first kappa shape index (κ1) is 10.6. The van der Waals surface area contributed by atoms with Crippen molar-refractivity contribution in [2.24, 2.45) is 0 Å². The molecular formula is C15H14N4. The van der Waals surface area contributed by atoms with Crippen LogP contribution in [0.5, 0.6) is 0 Å². The molecule has 0 atom stereocenters. The zero-order valence-electron chi connectivity index (χ0n) is 10.5. The molecule has 1 aliphatic rings. The zero-order chi connectivity index (χ0) is 12.7. The van der Waals surface area contributed by atoms with E-state index in [2.05, 4.69) is 44.1 Å². The lowest BCUT2D eigenvalue weighted by molar-refractivity contribution is 0.600. The van der Waals surface area contributed by atoms with E-state index in [1.54, 1.807) is 0 Å². The summed E-state index contributed by atoms with van der Waals surface area (Å²) in [5, 5.41) is 1.21. The molecule has 0 unspecified atom stereocenters. The molecule has 1 N–H and O–H groups in total. The van der Waals surface area contributed by atoms with Crippen LogP contribution >= 0.6 is 0 Å². The van der Waals surface area contributed by atoms with Gasteiger partial charge in [0.2, 0.25) is 5.95 Å². The predicted octanol–water partition coefficient (Wildman–Crippen LogP) is 2.84. The molecule has 3 heterocycles. The molecule has 0 spiro atoms. The molecule has 0 saturated carbocycles. The number of fused-ring (bicyclic) bond motifs is 1. The first-order chi connectivity index (χ1) is 9.42. The maximum absolute atomic E-state index is 4.47. The van der Waals surface area contributed by atoms with E-state index in [-0.39, 0.29) is 0 Å². The molecule has 1 aromatic carbocycles. The van der Waals surface area contributed by atoms with Crippen LogP contribution in [-0.4, -0.2) is 28.0 Å². The average molecular weight is 250 g/mol. The molecule has 2 aromatic heterocycles. The number of nitrogens with zero attached hydrogens (tertiary/aromatic N) is 3. The van der Waals surface area contributed by atoms with E-state index < -0.39 is 0 Å². The van der Waals surface area contributed by atoms with Crippen molar-refractivity contribution in [1.29, 1.82) is 0 Å². The minimum atomic E-state index is 0.844. The molecule has 1 saturated heterocycles. The van der Waals surface area contributed by atoms with Crippen molar-refractivity contribution in [1.82, 2.24) is 15.0 Å². The van der Waals surface area contributed by atoms with E-state index in [4.69, 9.17) is 0 Å². The zero-order valence-corrected chi connectivity index (χ0v) is 10.5. The van der Waals surface area contributed by atoms with Gasteiger partial charge in [0.15, 0.2) is 0 Å². The SMILES string of the molecule is c1cc(-c2cnc(N3CCC3)nc2)c2cc[nH]c2c1. The van der Waals surface area contributed by atoms with E-state index in [0.717, 1.165) is 30.1 Å². The van der Waals surface area contributed by atoms with Crippen molar-refractivity contribution in [2.45, 2.75) is 6.42 Å². The second-order valence-corrected chi connectivity index (χ2v) is 4.86. The van der Waals surface area contributed by atoms with Gasteiger partial charge in [0.05, 0.1) is 0 Å². The number of rotatable bonds is 2. The summed E-state index contributed by atoms with van der Waals surface area (Å²) in [7, 11) is 0. The highest BCUT2D eigenvalue weighted by atomic mass is 15.3. The monoisotopic (exact) mass is 250 g/mol. The van der Waals surface area contributed by atoms with Crippen molar-refractivity contribution < 1.29 is 0 Å². The first-order valence-electron chi connectivity index (χ1n) is 6.55. The van der Waals surface area contributed by atoms with Crippen LogP contribution in [0.3, 0.4) is 0 Å². The Kier molecular flexibility index (Phi) is 2.27. The highest BCUT2D eigenvalue weighted by Gasteiger charge is 2.16. The van der Waals surface area contributed by atoms with Crippen molar-refractivity contribution in [3.63, 3.8) is 0 Å². The quantitative estimate of drug-likeness (QED) is 0.760. The number of benzene rings is 1. The summed E-state index contributed by atoms with van der Waals surface area (Å²) < 4.78 is 0. The normalized spacial score (nSPS) is 14.6. The molecular weight excluding hydrogens is 236 g/mol. The smallest absolute Gasteiger partial charge is 0.225 e. The molecule has 0 amide bonds. The molecule has 94 valence electrons. The number of nitrogens with one attached hydrogen (secondary N) is 1. The molecule has 1 aliphatic heterocycles. The minimum Gasteiger partial charge on any atom is -0.361 e. The molecule has 4 heteroatoms. The maximum Gasteiger partial charge on any atom is 0.225 e. The largest absolute Gasteiger partial charge is 0.361 e. The molecule has 4 nitrogen and oxygen atoms in total. The van der Waals surface area contributed by atoms with Crippen LogP contribution in [0, 0.1) is 0 Å². The summed E-state index contributed by atoms with van der Waals surface area (Å²) in [4.78, 5) is 14.4. The fourth-order valence-corrected chi connectivity index (χ4v) is 2.48. The van der Waals surface area contributed by atoms with Crippen LogP contribution in [0.2, 0.25) is 0 Å². The number of hydrogen-bond acceptors (Lipinski definition) is 3. The van der Waals surface area contributed by atoms with Crippen molar-refractivity contribution in [2.75, 3.05) is 18.0 Å². The summed E-state index contributed by atoms with van der Waals surface area (Å²) in [6, 6.07) is 8.33. The Hall–Kier alpha value is -2.36. The van der Waals surface area contributed by atoms with Gasteiger partial charge in [-0.2, -0.15) is 0 Å². The van der Waals surface area contributed by atoms with Crippen molar-refractivity contribution >= 4 is 16.9 Å². The van der Waals surface area contributed by atoms with Crippen LogP contribution in [0.4, 0.5) is 5.95 Å². The molecule has 4 rings (SSSR count). The van der Waals surface area contributed by atoms with Gasteiger partial charge in [-0.05, 0) is 24.1 Å². The summed E-state index contributed by atoms with van der Waals surface area (Å²) in [5.74, 6) is 0.844. The Labute approximate surface area is 111 Å². The average Bonchev–Trinajstić information content (AvgIpc) is 2.86. The van der Waals surface area contributed by atoms with Crippen LogP contribution < -0.4 is 4.90 Å². The van der Waals surface area contributed by atoms with Gasteiger partial charge in [-0.15, -0.1) is 0 Å². The van der Waals surface area contributed by atoms with Gasteiger partial charge >= 0.3 is 0 Å². The van der Waals surface area contributed by atoms with Crippen LogP contribution in [-0.2, 0) is 0 Å². The van der Waals surface area contributed by atoms with E-state index in [0.29, 0.717) is 0 Å². The lowest BCUT2D eigenvalue weighted by atomic mass is 10.1. The van der Waals surface area contributed by atoms with Gasteiger partial charge in [0.25, 0.3) is 0 Å². The fourth-order valence-electron chi connectivity index (χ4n) is 2.48. The number of hydrogen-bond donors (Lipinski definition) is 1. The van der Waals surface area contributed by atoms with Crippen LogP contribution in [0.15, 0.2) is 42.9 Å². The minimum absolute atomic E-state index is 0.844. The van der Waals surface area contributed by atoms with Gasteiger partial charge in [0, 0.05) is 48.1 Å². The molecule has 0 radical (unpaired) electrons. The van der Waals surface area contributed by atoms with Gasteiger partial charge < -0.3 is 9.88 Å². The maximum atomic E-state index is 4.47. The number of H-pyrrole nitrogens is 1. The Morgan fingerprint density at radius 1 is 1.05 bits per heavy atom.